The van der Waals surface area contributed by atoms with E-state index in [0.717, 1.165) is 5.69 Å². The highest BCUT2D eigenvalue weighted by Crippen LogP contribution is 2.33. The molecule has 0 bridgehead atoms. The van der Waals surface area contributed by atoms with Crippen LogP contribution in [0.25, 0.3) is 0 Å². The number of halogens is 3. The fourth-order valence-corrected chi connectivity index (χ4v) is 2.45. The van der Waals surface area contributed by atoms with Crippen molar-refractivity contribution in [2.75, 3.05) is 19.6 Å². The van der Waals surface area contributed by atoms with E-state index in [1.54, 1.807) is 6.33 Å². The molecule has 0 aliphatic carbocycles. The molecule has 0 aromatic carbocycles. The topological polar surface area (TPSA) is 47.1 Å². The molecule has 7 heteroatoms. The number of imidazole rings is 1. The van der Waals surface area contributed by atoms with Crippen molar-refractivity contribution in [3.63, 3.8) is 0 Å². The van der Waals surface area contributed by atoms with E-state index in [1.807, 2.05) is 15.7 Å². The molecule has 2 N–H and O–H groups in total. The number of nitrogens with two attached hydrogens (primary N) is 1. The first-order valence-electron chi connectivity index (χ1n) is 6.49. The molecule has 0 spiro atoms. The standard InChI is InChI=1S/C12H19F3N4/c13-12(14,15)10-2-1-4-18(6-10)7-11-8-19(5-3-16)9-17-11/h8-10H,1-7,16H2. The van der Waals surface area contributed by atoms with Gasteiger partial charge in [-0.1, -0.05) is 0 Å². The van der Waals surface area contributed by atoms with Gasteiger partial charge in [0.25, 0.3) is 0 Å². The Morgan fingerprint density at radius 2 is 2.21 bits per heavy atom. The second kappa shape index (κ2) is 5.92. The first-order chi connectivity index (χ1) is 8.99. The molecule has 2 heterocycles. The van der Waals surface area contributed by atoms with Gasteiger partial charge in [-0.25, -0.2) is 4.98 Å². The molecule has 1 saturated heterocycles. The maximum Gasteiger partial charge on any atom is 0.393 e. The summed E-state index contributed by atoms with van der Waals surface area (Å²) in [6.07, 6.45) is 0.268. The predicted molar refractivity (Wildman–Crippen MR) is 65.3 cm³/mol. The average Bonchev–Trinajstić information content (AvgIpc) is 2.76. The predicted octanol–water partition coefficient (Wildman–Crippen LogP) is 1.62. The quantitative estimate of drug-likeness (QED) is 0.909. The lowest BCUT2D eigenvalue weighted by atomic mass is 9.97. The van der Waals surface area contributed by atoms with Gasteiger partial charge in [0.15, 0.2) is 0 Å². The molecule has 1 aromatic heterocycles. The maximum atomic E-state index is 12.7. The summed E-state index contributed by atoms with van der Waals surface area (Å²) in [5.41, 5.74) is 6.24. The summed E-state index contributed by atoms with van der Waals surface area (Å²) < 4.78 is 40.0. The Kier molecular flexibility index (Phi) is 4.46. The minimum absolute atomic E-state index is 0.0766. The number of alkyl halides is 3. The highest BCUT2D eigenvalue weighted by Gasteiger charge is 2.41. The zero-order chi connectivity index (χ0) is 13.9. The van der Waals surface area contributed by atoms with Crippen LogP contribution in [0.15, 0.2) is 12.5 Å². The van der Waals surface area contributed by atoms with E-state index in [1.165, 1.54) is 0 Å². The van der Waals surface area contributed by atoms with Gasteiger partial charge < -0.3 is 10.3 Å². The van der Waals surface area contributed by atoms with E-state index in [4.69, 9.17) is 5.73 Å². The molecule has 0 radical (unpaired) electrons. The molecule has 1 aliphatic heterocycles. The molecule has 0 saturated carbocycles. The van der Waals surface area contributed by atoms with Gasteiger partial charge >= 0.3 is 6.18 Å². The van der Waals surface area contributed by atoms with Gasteiger partial charge in [-0.15, -0.1) is 0 Å². The second-order valence-corrected chi connectivity index (χ2v) is 5.01. The molecule has 1 aromatic rings. The summed E-state index contributed by atoms with van der Waals surface area (Å²) in [6.45, 7) is 2.46. The van der Waals surface area contributed by atoms with Crippen molar-refractivity contribution in [2.24, 2.45) is 11.7 Å². The molecule has 1 unspecified atom stereocenters. The van der Waals surface area contributed by atoms with E-state index >= 15 is 0 Å². The van der Waals surface area contributed by atoms with E-state index < -0.39 is 12.1 Å². The Labute approximate surface area is 110 Å². The van der Waals surface area contributed by atoms with Gasteiger partial charge in [0.1, 0.15) is 0 Å². The zero-order valence-corrected chi connectivity index (χ0v) is 10.7. The number of rotatable bonds is 4. The lowest BCUT2D eigenvalue weighted by molar-refractivity contribution is -0.187. The summed E-state index contributed by atoms with van der Waals surface area (Å²) >= 11 is 0. The summed E-state index contributed by atoms with van der Waals surface area (Å²) in [7, 11) is 0. The number of hydrogen-bond acceptors (Lipinski definition) is 3. The van der Waals surface area contributed by atoms with Crippen molar-refractivity contribution < 1.29 is 13.2 Å². The third-order valence-electron chi connectivity index (χ3n) is 3.43. The van der Waals surface area contributed by atoms with Crippen LogP contribution in [0.4, 0.5) is 13.2 Å². The lowest BCUT2D eigenvalue weighted by Gasteiger charge is -2.33. The first-order valence-corrected chi connectivity index (χ1v) is 6.49. The maximum absolute atomic E-state index is 12.7. The zero-order valence-electron chi connectivity index (χ0n) is 10.7. The molecule has 1 atom stereocenters. The highest BCUT2D eigenvalue weighted by atomic mass is 19.4. The van der Waals surface area contributed by atoms with Crippen LogP contribution < -0.4 is 5.73 Å². The van der Waals surface area contributed by atoms with Crippen LogP contribution >= 0.6 is 0 Å². The van der Waals surface area contributed by atoms with Crippen LogP contribution in [-0.4, -0.2) is 40.3 Å². The van der Waals surface area contributed by atoms with Crippen molar-refractivity contribution in [1.82, 2.24) is 14.5 Å². The van der Waals surface area contributed by atoms with E-state index in [9.17, 15) is 13.2 Å². The lowest BCUT2D eigenvalue weighted by Crippen LogP contribution is -2.41. The molecule has 19 heavy (non-hydrogen) atoms. The number of likely N-dealkylation sites (tertiary alicyclic amines) is 1. The van der Waals surface area contributed by atoms with Crippen molar-refractivity contribution in [2.45, 2.75) is 32.1 Å². The van der Waals surface area contributed by atoms with Crippen LogP contribution in [0.1, 0.15) is 18.5 Å². The Balaban J connectivity index is 1.91. The minimum atomic E-state index is -4.09. The first kappa shape index (κ1) is 14.3. The van der Waals surface area contributed by atoms with Crippen molar-refractivity contribution in [1.29, 1.82) is 0 Å². The Morgan fingerprint density at radius 1 is 1.42 bits per heavy atom. The largest absolute Gasteiger partial charge is 0.393 e. The second-order valence-electron chi connectivity index (χ2n) is 5.01. The van der Waals surface area contributed by atoms with E-state index in [-0.39, 0.29) is 13.0 Å². The molecular formula is C12H19F3N4. The number of aromatic nitrogens is 2. The number of hydrogen-bond donors (Lipinski definition) is 1. The molecule has 108 valence electrons. The van der Waals surface area contributed by atoms with Gasteiger partial charge in [0, 0.05) is 32.4 Å². The molecule has 1 fully saturated rings. The number of piperidine rings is 1. The fraction of sp³-hybridized carbons (Fsp3) is 0.750. The van der Waals surface area contributed by atoms with Crippen LogP contribution in [0.5, 0.6) is 0 Å². The third kappa shape index (κ3) is 3.94. The average molecular weight is 276 g/mol. The van der Waals surface area contributed by atoms with E-state index in [0.29, 0.717) is 32.6 Å². The molecule has 2 rings (SSSR count). The van der Waals surface area contributed by atoms with Crippen molar-refractivity contribution >= 4 is 0 Å². The summed E-state index contributed by atoms with van der Waals surface area (Å²) in [5.74, 6) is -1.20. The summed E-state index contributed by atoms with van der Waals surface area (Å²) in [6, 6.07) is 0. The SMILES string of the molecule is NCCn1cnc(CN2CCCC(C(F)(F)F)C2)c1. The summed E-state index contributed by atoms with van der Waals surface area (Å²) in [5, 5.41) is 0. The Hall–Kier alpha value is -1.08. The van der Waals surface area contributed by atoms with E-state index in [2.05, 4.69) is 4.98 Å². The van der Waals surface area contributed by atoms with Gasteiger partial charge in [-0.05, 0) is 19.4 Å². The van der Waals surface area contributed by atoms with Crippen LogP contribution in [0.2, 0.25) is 0 Å². The van der Waals surface area contributed by atoms with Gasteiger partial charge in [-0.2, -0.15) is 13.2 Å². The van der Waals surface area contributed by atoms with Gasteiger partial charge in [0.05, 0.1) is 17.9 Å². The molecule has 4 nitrogen and oxygen atoms in total. The Morgan fingerprint density at radius 3 is 2.89 bits per heavy atom. The summed E-state index contributed by atoms with van der Waals surface area (Å²) in [4.78, 5) is 6.03. The monoisotopic (exact) mass is 276 g/mol. The molecule has 1 aliphatic rings. The third-order valence-corrected chi connectivity index (χ3v) is 3.43. The smallest absolute Gasteiger partial charge is 0.336 e. The normalized spacial score (nSPS) is 21.8. The van der Waals surface area contributed by atoms with Gasteiger partial charge in [0.2, 0.25) is 0 Å². The minimum Gasteiger partial charge on any atom is -0.336 e. The highest BCUT2D eigenvalue weighted by molar-refractivity contribution is 4.97. The van der Waals surface area contributed by atoms with Crippen molar-refractivity contribution in [3.05, 3.63) is 18.2 Å². The number of nitrogens with zero attached hydrogens (tertiary/aromatic N) is 3. The van der Waals surface area contributed by atoms with Crippen LogP contribution in [-0.2, 0) is 13.1 Å². The van der Waals surface area contributed by atoms with Gasteiger partial charge in [-0.3, -0.25) is 4.90 Å². The van der Waals surface area contributed by atoms with Crippen LogP contribution in [0.3, 0.4) is 0 Å². The molecule has 0 amide bonds. The van der Waals surface area contributed by atoms with Crippen LogP contribution in [0, 0.1) is 5.92 Å². The fourth-order valence-electron chi connectivity index (χ4n) is 2.45. The Bertz CT molecular complexity index is 402. The van der Waals surface area contributed by atoms with Crippen molar-refractivity contribution in [3.8, 4) is 0 Å². The molecular weight excluding hydrogens is 257 g/mol.